The van der Waals surface area contributed by atoms with Gasteiger partial charge in [0.1, 0.15) is 0 Å². The van der Waals surface area contributed by atoms with Crippen LogP contribution in [-0.2, 0) is 0 Å². The minimum absolute atomic E-state index is 0.0984. The summed E-state index contributed by atoms with van der Waals surface area (Å²) in [6, 6.07) is 3.70. The van der Waals surface area contributed by atoms with Gasteiger partial charge < -0.3 is 4.98 Å². The third-order valence-electron chi connectivity index (χ3n) is 2.27. The molecule has 15 heavy (non-hydrogen) atoms. The minimum atomic E-state index is -0.304. The van der Waals surface area contributed by atoms with E-state index in [-0.39, 0.29) is 11.7 Å². The van der Waals surface area contributed by atoms with Crippen LogP contribution in [0.2, 0.25) is 5.02 Å². The van der Waals surface area contributed by atoms with Crippen LogP contribution in [0, 0.1) is 0 Å². The van der Waals surface area contributed by atoms with Gasteiger partial charge in [0.25, 0.3) is 0 Å². The van der Waals surface area contributed by atoms with Gasteiger partial charge in [0, 0.05) is 18.1 Å². The Morgan fingerprint density at radius 2 is 2.40 bits per heavy atom. The van der Waals surface area contributed by atoms with E-state index in [0.29, 0.717) is 5.02 Å². The molecule has 5 heteroatoms. The van der Waals surface area contributed by atoms with Gasteiger partial charge in [0.15, 0.2) is 0 Å². The highest BCUT2D eigenvalue weighted by Crippen LogP contribution is 2.14. The molecule has 0 saturated carbocycles. The molecule has 0 bridgehead atoms. The van der Waals surface area contributed by atoms with Crippen molar-refractivity contribution in [1.82, 2.24) is 14.5 Å². The zero-order valence-electron chi connectivity index (χ0n) is 8.14. The predicted molar refractivity (Wildman–Crippen MR) is 58.1 cm³/mol. The van der Waals surface area contributed by atoms with E-state index >= 15 is 0 Å². The SMILES string of the molecule is CC(c1ccc[nH]1)n1cc(Cl)cnc1=O. The molecular formula is C10H10ClN3O. The standard InChI is InChI=1S/C10H10ClN3O/c1-7(9-3-2-4-12-9)14-6-8(11)5-13-10(14)15/h2-7,12H,1H3. The summed E-state index contributed by atoms with van der Waals surface area (Å²) in [4.78, 5) is 18.2. The smallest absolute Gasteiger partial charge is 0.348 e. The van der Waals surface area contributed by atoms with Gasteiger partial charge in [-0.05, 0) is 19.1 Å². The topological polar surface area (TPSA) is 50.7 Å². The first-order chi connectivity index (χ1) is 7.18. The molecule has 0 fully saturated rings. The fourth-order valence-corrected chi connectivity index (χ4v) is 1.59. The highest BCUT2D eigenvalue weighted by Gasteiger charge is 2.10. The monoisotopic (exact) mass is 223 g/mol. The first-order valence-corrected chi connectivity index (χ1v) is 4.93. The lowest BCUT2D eigenvalue weighted by molar-refractivity contribution is 0.585. The number of halogens is 1. The van der Waals surface area contributed by atoms with Crippen LogP contribution in [0.15, 0.2) is 35.5 Å². The molecule has 2 aromatic rings. The lowest BCUT2D eigenvalue weighted by atomic mass is 10.2. The van der Waals surface area contributed by atoms with Gasteiger partial charge in [-0.25, -0.2) is 9.78 Å². The van der Waals surface area contributed by atoms with Gasteiger partial charge in [0.05, 0.1) is 17.3 Å². The van der Waals surface area contributed by atoms with Crippen LogP contribution in [0.3, 0.4) is 0 Å². The molecule has 1 unspecified atom stereocenters. The summed E-state index contributed by atoms with van der Waals surface area (Å²) in [6.07, 6.45) is 4.75. The Morgan fingerprint density at radius 3 is 3.07 bits per heavy atom. The Morgan fingerprint density at radius 1 is 1.60 bits per heavy atom. The second kappa shape index (κ2) is 3.90. The predicted octanol–water partition coefficient (Wildman–Crippen LogP) is 1.83. The number of hydrogen-bond acceptors (Lipinski definition) is 2. The number of rotatable bonds is 2. The normalized spacial score (nSPS) is 12.7. The van der Waals surface area contributed by atoms with Crippen LogP contribution in [0.25, 0.3) is 0 Å². The second-order valence-corrected chi connectivity index (χ2v) is 3.70. The molecule has 4 nitrogen and oxygen atoms in total. The first-order valence-electron chi connectivity index (χ1n) is 4.55. The van der Waals surface area contributed by atoms with Crippen molar-refractivity contribution in [2.75, 3.05) is 0 Å². The lowest BCUT2D eigenvalue weighted by Crippen LogP contribution is -2.25. The van der Waals surface area contributed by atoms with Gasteiger partial charge in [-0.15, -0.1) is 0 Å². The number of aromatic amines is 1. The molecule has 0 spiro atoms. The van der Waals surface area contributed by atoms with E-state index in [1.165, 1.54) is 10.8 Å². The maximum absolute atomic E-state index is 11.5. The molecule has 0 amide bonds. The summed E-state index contributed by atoms with van der Waals surface area (Å²) < 4.78 is 1.49. The van der Waals surface area contributed by atoms with Crippen molar-refractivity contribution in [2.24, 2.45) is 0 Å². The lowest BCUT2D eigenvalue weighted by Gasteiger charge is -2.12. The number of nitrogens with one attached hydrogen (secondary N) is 1. The molecule has 0 aliphatic carbocycles. The molecule has 2 rings (SSSR count). The van der Waals surface area contributed by atoms with Gasteiger partial charge in [-0.1, -0.05) is 11.6 Å². The van der Waals surface area contributed by atoms with E-state index in [9.17, 15) is 4.79 Å². The largest absolute Gasteiger partial charge is 0.363 e. The summed E-state index contributed by atoms with van der Waals surface area (Å²) in [5, 5.41) is 0.452. The highest BCUT2D eigenvalue weighted by molar-refractivity contribution is 6.30. The van der Waals surface area contributed by atoms with Crippen LogP contribution < -0.4 is 5.69 Å². The van der Waals surface area contributed by atoms with Crippen molar-refractivity contribution in [3.63, 3.8) is 0 Å². The Labute approximate surface area is 91.5 Å². The van der Waals surface area contributed by atoms with E-state index in [1.807, 2.05) is 25.3 Å². The van der Waals surface area contributed by atoms with Crippen molar-refractivity contribution in [3.05, 3.63) is 51.9 Å². The molecule has 0 saturated heterocycles. The molecule has 0 aliphatic heterocycles. The second-order valence-electron chi connectivity index (χ2n) is 3.26. The average molecular weight is 224 g/mol. The van der Waals surface area contributed by atoms with Crippen molar-refractivity contribution in [1.29, 1.82) is 0 Å². The molecule has 2 aromatic heterocycles. The molecule has 1 N–H and O–H groups in total. The summed E-state index contributed by atoms with van der Waals surface area (Å²) in [5.74, 6) is 0. The van der Waals surface area contributed by atoms with Crippen LogP contribution in [0.5, 0.6) is 0 Å². The van der Waals surface area contributed by atoms with Crippen molar-refractivity contribution in [2.45, 2.75) is 13.0 Å². The Balaban J connectivity index is 2.46. The Bertz CT molecular complexity index is 504. The molecule has 0 aromatic carbocycles. The average Bonchev–Trinajstić information content (AvgIpc) is 2.74. The van der Waals surface area contributed by atoms with Crippen LogP contribution in [-0.4, -0.2) is 14.5 Å². The van der Waals surface area contributed by atoms with Gasteiger partial charge >= 0.3 is 5.69 Å². The molecule has 1 atom stereocenters. The molecular weight excluding hydrogens is 214 g/mol. The van der Waals surface area contributed by atoms with Crippen molar-refractivity contribution in [3.8, 4) is 0 Å². The van der Waals surface area contributed by atoms with Crippen LogP contribution in [0.1, 0.15) is 18.7 Å². The Hall–Kier alpha value is -1.55. The van der Waals surface area contributed by atoms with Crippen molar-refractivity contribution < 1.29 is 0 Å². The van der Waals surface area contributed by atoms with E-state index in [4.69, 9.17) is 11.6 Å². The number of aromatic nitrogens is 3. The van der Waals surface area contributed by atoms with E-state index in [2.05, 4.69) is 9.97 Å². The van der Waals surface area contributed by atoms with E-state index in [1.54, 1.807) is 6.20 Å². The van der Waals surface area contributed by atoms with E-state index < -0.39 is 0 Å². The summed E-state index contributed by atoms with van der Waals surface area (Å²) in [5.41, 5.74) is 0.641. The van der Waals surface area contributed by atoms with Crippen LogP contribution in [0.4, 0.5) is 0 Å². The quantitative estimate of drug-likeness (QED) is 0.845. The number of H-pyrrole nitrogens is 1. The van der Waals surface area contributed by atoms with Gasteiger partial charge in [-0.3, -0.25) is 4.57 Å². The maximum Gasteiger partial charge on any atom is 0.348 e. The maximum atomic E-state index is 11.5. The number of hydrogen-bond donors (Lipinski definition) is 1. The molecule has 2 heterocycles. The summed E-state index contributed by atoms with van der Waals surface area (Å²) in [6.45, 7) is 1.91. The third-order valence-corrected chi connectivity index (χ3v) is 2.47. The third kappa shape index (κ3) is 1.94. The highest BCUT2D eigenvalue weighted by atomic mass is 35.5. The fourth-order valence-electron chi connectivity index (χ4n) is 1.44. The van der Waals surface area contributed by atoms with Gasteiger partial charge in [-0.2, -0.15) is 0 Å². The first kappa shape index (κ1) is 9.98. The minimum Gasteiger partial charge on any atom is -0.363 e. The Kier molecular flexibility index (Phi) is 2.60. The molecule has 78 valence electrons. The van der Waals surface area contributed by atoms with E-state index in [0.717, 1.165) is 5.69 Å². The molecule has 0 radical (unpaired) electrons. The zero-order chi connectivity index (χ0) is 10.8. The molecule has 0 aliphatic rings. The zero-order valence-corrected chi connectivity index (χ0v) is 8.90. The summed E-state index contributed by atoms with van der Waals surface area (Å²) in [7, 11) is 0. The fraction of sp³-hybridized carbons (Fsp3) is 0.200. The van der Waals surface area contributed by atoms with Crippen molar-refractivity contribution >= 4 is 11.6 Å². The van der Waals surface area contributed by atoms with Gasteiger partial charge in [0.2, 0.25) is 0 Å². The number of nitrogens with zero attached hydrogens (tertiary/aromatic N) is 2. The summed E-state index contributed by atoms with van der Waals surface area (Å²) >= 11 is 5.79. The van der Waals surface area contributed by atoms with Crippen LogP contribution >= 0.6 is 11.6 Å².